The highest BCUT2D eigenvalue weighted by molar-refractivity contribution is 5.76. The van der Waals surface area contributed by atoms with Gasteiger partial charge in [-0.15, -0.1) is 0 Å². The summed E-state index contributed by atoms with van der Waals surface area (Å²) in [6.07, 6.45) is 3.20. The molecular weight excluding hydrogens is 269 g/mol. The van der Waals surface area contributed by atoms with E-state index in [1.807, 2.05) is 0 Å². The minimum Gasteiger partial charge on any atom is -0.382 e. The molecule has 0 saturated carbocycles. The number of carbonyl (C=O) groups is 1. The van der Waals surface area contributed by atoms with Crippen LogP contribution in [0, 0.1) is 17.5 Å². The lowest BCUT2D eigenvalue weighted by molar-refractivity contribution is -0.120. The number of amides is 1. The molecule has 0 fully saturated rings. The molecular formula is C14H19F3N2O. The van der Waals surface area contributed by atoms with Crippen LogP contribution in [0.25, 0.3) is 0 Å². The van der Waals surface area contributed by atoms with Gasteiger partial charge in [0.1, 0.15) is 0 Å². The number of rotatable bonds is 8. The van der Waals surface area contributed by atoms with Crippen molar-refractivity contribution < 1.29 is 18.0 Å². The van der Waals surface area contributed by atoms with Crippen molar-refractivity contribution in [2.45, 2.75) is 32.6 Å². The van der Waals surface area contributed by atoms with Gasteiger partial charge in [0.05, 0.1) is 5.69 Å². The third-order valence-corrected chi connectivity index (χ3v) is 2.81. The van der Waals surface area contributed by atoms with Gasteiger partial charge >= 0.3 is 0 Å². The maximum atomic E-state index is 13.3. The molecule has 1 amide bonds. The van der Waals surface area contributed by atoms with Crippen LogP contribution < -0.4 is 10.6 Å². The Bertz CT molecular complexity index is 452. The van der Waals surface area contributed by atoms with Crippen LogP contribution in [-0.2, 0) is 4.79 Å². The average Bonchev–Trinajstić information content (AvgIpc) is 2.43. The molecule has 0 aliphatic rings. The summed E-state index contributed by atoms with van der Waals surface area (Å²) < 4.78 is 38.9. The zero-order valence-electron chi connectivity index (χ0n) is 11.4. The zero-order chi connectivity index (χ0) is 15.0. The first-order valence-corrected chi connectivity index (χ1v) is 6.70. The van der Waals surface area contributed by atoms with Crippen molar-refractivity contribution in [2.24, 2.45) is 0 Å². The highest BCUT2D eigenvalue weighted by Gasteiger charge is 2.13. The van der Waals surface area contributed by atoms with Gasteiger partial charge in [-0.05, 0) is 18.6 Å². The van der Waals surface area contributed by atoms with Crippen LogP contribution in [0.1, 0.15) is 32.6 Å². The number of carbonyl (C=O) groups excluding carboxylic acids is 1. The zero-order valence-corrected chi connectivity index (χ0v) is 11.4. The molecule has 1 aromatic rings. The number of unbranched alkanes of at least 4 members (excludes halogenated alkanes) is 2. The molecule has 0 bridgehead atoms. The molecule has 2 N–H and O–H groups in total. The predicted octanol–water partition coefficient (Wildman–Crippen LogP) is 3.21. The molecule has 20 heavy (non-hydrogen) atoms. The van der Waals surface area contributed by atoms with Gasteiger partial charge < -0.3 is 10.6 Å². The number of anilines is 1. The summed E-state index contributed by atoms with van der Waals surface area (Å²) in [5.74, 6) is -4.18. The number of halogens is 3. The maximum Gasteiger partial charge on any atom is 0.221 e. The number of hydrogen-bond donors (Lipinski definition) is 2. The highest BCUT2D eigenvalue weighted by atomic mass is 19.2. The topological polar surface area (TPSA) is 41.1 Å². The largest absolute Gasteiger partial charge is 0.382 e. The van der Waals surface area contributed by atoms with Crippen LogP contribution in [-0.4, -0.2) is 19.0 Å². The van der Waals surface area contributed by atoms with Crippen molar-refractivity contribution in [2.75, 3.05) is 18.4 Å². The summed E-state index contributed by atoms with van der Waals surface area (Å²) in [6.45, 7) is 2.84. The van der Waals surface area contributed by atoms with Gasteiger partial charge in [-0.2, -0.15) is 0 Å². The maximum absolute atomic E-state index is 13.3. The molecule has 1 rings (SSSR count). The van der Waals surface area contributed by atoms with Crippen LogP contribution in [0.3, 0.4) is 0 Å². The first-order valence-electron chi connectivity index (χ1n) is 6.70. The van der Waals surface area contributed by atoms with E-state index in [-0.39, 0.29) is 24.6 Å². The Morgan fingerprint density at radius 1 is 1.10 bits per heavy atom. The Morgan fingerprint density at radius 3 is 2.55 bits per heavy atom. The summed E-state index contributed by atoms with van der Waals surface area (Å²) in [6, 6.07) is 1.94. The summed E-state index contributed by atoms with van der Waals surface area (Å²) in [7, 11) is 0. The smallest absolute Gasteiger partial charge is 0.221 e. The van der Waals surface area contributed by atoms with Gasteiger partial charge in [-0.1, -0.05) is 19.8 Å². The normalized spacial score (nSPS) is 10.4. The molecule has 0 aliphatic heterocycles. The van der Waals surface area contributed by atoms with Gasteiger partial charge in [-0.3, -0.25) is 4.79 Å². The fraction of sp³-hybridized carbons (Fsp3) is 0.500. The highest BCUT2D eigenvalue weighted by Crippen LogP contribution is 2.19. The Hall–Kier alpha value is -1.72. The van der Waals surface area contributed by atoms with Crippen LogP contribution in [0.2, 0.25) is 0 Å². The Labute approximate surface area is 116 Å². The van der Waals surface area contributed by atoms with E-state index in [0.29, 0.717) is 6.54 Å². The Kier molecular flexibility index (Phi) is 6.90. The van der Waals surface area contributed by atoms with E-state index in [1.165, 1.54) is 0 Å². The minimum atomic E-state index is -1.51. The number of benzene rings is 1. The second-order valence-electron chi connectivity index (χ2n) is 4.46. The summed E-state index contributed by atoms with van der Waals surface area (Å²) in [5.41, 5.74) is -0.150. The summed E-state index contributed by atoms with van der Waals surface area (Å²) in [5, 5.41) is 5.30. The first kappa shape index (κ1) is 16.3. The molecule has 0 unspecified atom stereocenters. The van der Waals surface area contributed by atoms with E-state index in [9.17, 15) is 18.0 Å². The van der Waals surface area contributed by atoms with Crippen molar-refractivity contribution in [1.29, 1.82) is 0 Å². The van der Waals surface area contributed by atoms with Crippen LogP contribution >= 0.6 is 0 Å². The van der Waals surface area contributed by atoms with Gasteiger partial charge in [0.15, 0.2) is 17.5 Å². The molecule has 1 aromatic carbocycles. The third-order valence-electron chi connectivity index (χ3n) is 2.81. The lowest BCUT2D eigenvalue weighted by atomic mass is 10.2. The van der Waals surface area contributed by atoms with Crippen LogP contribution in [0.5, 0.6) is 0 Å². The van der Waals surface area contributed by atoms with Gasteiger partial charge in [0, 0.05) is 19.5 Å². The van der Waals surface area contributed by atoms with E-state index < -0.39 is 17.5 Å². The molecule has 0 aromatic heterocycles. The molecule has 0 saturated heterocycles. The summed E-state index contributed by atoms with van der Waals surface area (Å²) in [4.78, 5) is 11.4. The monoisotopic (exact) mass is 288 g/mol. The molecule has 3 nitrogen and oxygen atoms in total. The SMILES string of the molecule is CCCCCNC(=O)CCNc1ccc(F)c(F)c1F. The van der Waals surface area contributed by atoms with E-state index >= 15 is 0 Å². The van der Waals surface area contributed by atoms with Crippen molar-refractivity contribution in [1.82, 2.24) is 5.32 Å². The summed E-state index contributed by atoms with van der Waals surface area (Å²) >= 11 is 0. The van der Waals surface area contributed by atoms with E-state index in [1.54, 1.807) is 0 Å². The van der Waals surface area contributed by atoms with Crippen LogP contribution in [0.15, 0.2) is 12.1 Å². The molecule has 0 radical (unpaired) electrons. The second kappa shape index (κ2) is 8.45. The predicted molar refractivity (Wildman–Crippen MR) is 72.0 cm³/mol. The minimum absolute atomic E-state index is 0.143. The van der Waals surface area contributed by atoms with Gasteiger partial charge in [0.25, 0.3) is 0 Å². The van der Waals surface area contributed by atoms with Gasteiger partial charge in [-0.25, -0.2) is 13.2 Å². The van der Waals surface area contributed by atoms with Crippen LogP contribution in [0.4, 0.5) is 18.9 Å². The molecule has 0 spiro atoms. The Balaban J connectivity index is 2.30. The van der Waals surface area contributed by atoms with Crippen molar-refractivity contribution >= 4 is 11.6 Å². The number of hydrogen-bond acceptors (Lipinski definition) is 2. The van der Waals surface area contributed by atoms with Gasteiger partial charge in [0.2, 0.25) is 5.91 Å². The van der Waals surface area contributed by atoms with Crippen molar-refractivity contribution in [3.63, 3.8) is 0 Å². The van der Waals surface area contributed by atoms with Crippen molar-refractivity contribution in [3.05, 3.63) is 29.6 Å². The molecule has 0 heterocycles. The standard InChI is InChI=1S/C14H19F3N2O/c1-2-3-4-8-19-12(20)7-9-18-11-6-5-10(15)13(16)14(11)17/h5-6,18H,2-4,7-9H2,1H3,(H,19,20). The Morgan fingerprint density at radius 2 is 1.85 bits per heavy atom. The third kappa shape index (κ3) is 5.11. The average molecular weight is 288 g/mol. The lowest BCUT2D eigenvalue weighted by Crippen LogP contribution is -2.26. The molecule has 0 aliphatic carbocycles. The van der Waals surface area contributed by atoms with E-state index in [4.69, 9.17) is 0 Å². The molecule has 112 valence electrons. The lowest BCUT2D eigenvalue weighted by Gasteiger charge is -2.09. The fourth-order valence-electron chi connectivity index (χ4n) is 1.66. The fourth-order valence-corrected chi connectivity index (χ4v) is 1.66. The number of nitrogens with one attached hydrogen (secondary N) is 2. The van der Waals surface area contributed by atoms with E-state index in [0.717, 1.165) is 31.4 Å². The first-order chi connectivity index (χ1) is 9.56. The molecule has 6 heteroatoms. The quantitative estimate of drug-likeness (QED) is 0.569. The molecule has 0 atom stereocenters. The van der Waals surface area contributed by atoms with Crippen molar-refractivity contribution in [3.8, 4) is 0 Å². The second-order valence-corrected chi connectivity index (χ2v) is 4.46. The van der Waals surface area contributed by atoms with E-state index in [2.05, 4.69) is 17.6 Å².